The fraction of sp³-hybridized carbons (Fsp3) is 0. The number of para-hydroxylation sites is 3. The minimum Gasteiger partial charge on any atom is -0.456 e. The number of hydrogen-bond acceptors (Lipinski definition) is 2. The third-order valence-corrected chi connectivity index (χ3v) is 11.7. The zero-order chi connectivity index (χ0) is 39.8. The Morgan fingerprint density at radius 3 is 1.50 bits per heavy atom. The quantitative estimate of drug-likeness (QED) is 0.153. The fourth-order valence-electron chi connectivity index (χ4n) is 8.73. The normalized spacial score (nSPS) is 11.3. The highest BCUT2D eigenvalue weighted by atomic mass is 16.3. The lowest BCUT2D eigenvalue weighted by Gasteiger charge is -2.30. The molecule has 0 atom stereocenters. The van der Waals surface area contributed by atoms with Crippen LogP contribution in [0.4, 0.5) is 17.1 Å². The van der Waals surface area contributed by atoms with E-state index in [2.05, 4.69) is 229 Å². The van der Waals surface area contributed by atoms with Crippen LogP contribution in [0.2, 0.25) is 0 Å². The molecule has 0 aliphatic heterocycles. The summed E-state index contributed by atoms with van der Waals surface area (Å²) in [6.45, 7) is 0. The Kier molecular flexibility index (Phi) is 8.87. The van der Waals surface area contributed by atoms with Crippen molar-refractivity contribution in [1.82, 2.24) is 0 Å². The second-order valence-electron chi connectivity index (χ2n) is 15.3. The van der Waals surface area contributed by atoms with Gasteiger partial charge in [0.25, 0.3) is 0 Å². The molecule has 0 bridgehead atoms. The van der Waals surface area contributed by atoms with Crippen LogP contribution in [0.25, 0.3) is 88.3 Å². The maximum absolute atomic E-state index is 6.42. The van der Waals surface area contributed by atoms with Crippen molar-refractivity contribution in [2.24, 2.45) is 0 Å². The molecule has 2 nitrogen and oxygen atoms in total. The van der Waals surface area contributed by atoms with Crippen LogP contribution in [-0.4, -0.2) is 0 Å². The molecule has 0 unspecified atom stereocenters. The van der Waals surface area contributed by atoms with Crippen LogP contribution in [0.15, 0.2) is 241 Å². The predicted molar refractivity (Wildman–Crippen MR) is 253 cm³/mol. The predicted octanol–water partition coefficient (Wildman–Crippen LogP) is 16.5. The van der Waals surface area contributed by atoms with Crippen molar-refractivity contribution >= 4 is 49.8 Å². The van der Waals surface area contributed by atoms with Crippen LogP contribution >= 0.6 is 0 Å². The molecule has 11 rings (SSSR count). The molecule has 0 fully saturated rings. The molecule has 1 heterocycles. The van der Waals surface area contributed by atoms with Gasteiger partial charge in [0.2, 0.25) is 0 Å². The smallest absolute Gasteiger partial charge is 0.136 e. The van der Waals surface area contributed by atoms with E-state index in [0.29, 0.717) is 0 Å². The van der Waals surface area contributed by atoms with Crippen molar-refractivity contribution in [3.63, 3.8) is 0 Å². The molecule has 1 aromatic heterocycles. The van der Waals surface area contributed by atoms with Crippen molar-refractivity contribution in [2.45, 2.75) is 0 Å². The van der Waals surface area contributed by atoms with Gasteiger partial charge in [-0.3, -0.25) is 0 Å². The first-order valence-corrected chi connectivity index (χ1v) is 20.5. The lowest BCUT2D eigenvalue weighted by Crippen LogP contribution is -2.12. The van der Waals surface area contributed by atoms with E-state index in [1.807, 2.05) is 12.1 Å². The number of fused-ring (bicyclic) bond motifs is 4. The molecule has 0 amide bonds. The summed E-state index contributed by atoms with van der Waals surface area (Å²) >= 11 is 0. The molecular weight excluding hydrogens is 727 g/mol. The first-order valence-electron chi connectivity index (χ1n) is 20.5. The summed E-state index contributed by atoms with van der Waals surface area (Å²) in [4.78, 5) is 2.42. The molecule has 0 saturated heterocycles. The summed E-state index contributed by atoms with van der Waals surface area (Å²) in [5.74, 6) is 0. The minimum atomic E-state index is 0.877. The van der Waals surface area contributed by atoms with Crippen LogP contribution in [0, 0.1) is 0 Å². The third-order valence-electron chi connectivity index (χ3n) is 11.7. The van der Waals surface area contributed by atoms with Gasteiger partial charge in [-0.25, -0.2) is 0 Å². The number of anilines is 3. The van der Waals surface area contributed by atoms with Gasteiger partial charge in [-0.2, -0.15) is 0 Å². The van der Waals surface area contributed by atoms with Gasteiger partial charge >= 0.3 is 0 Å². The van der Waals surface area contributed by atoms with E-state index in [1.165, 1.54) is 44.2 Å². The molecule has 0 aliphatic carbocycles. The highest BCUT2D eigenvalue weighted by Crippen LogP contribution is 2.47. The molecule has 0 aliphatic rings. The van der Waals surface area contributed by atoms with Crippen molar-refractivity contribution in [1.29, 1.82) is 0 Å². The van der Waals surface area contributed by atoms with Crippen molar-refractivity contribution in [2.75, 3.05) is 4.90 Å². The Morgan fingerprint density at radius 2 is 0.750 bits per heavy atom. The van der Waals surface area contributed by atoms with Crippen molar-refractivity contribution in [3.05, 3.63) is 237 Å². The summed E-state index contributed by atoms with van der Waals surface area (Å²) in [6, 6.07) is 85.0. The largest absolute Gasteiger partial charge is 0.456 e. The van der Waals surface area contributed by atoms with Gasteiger partial charge in [0.05, 0.1) is 11.4 Å². The van der Waals surface area contributed by atoms with Crippen LogP contribution in [-0.2, 0) is 0 Å². The maximum Gasteiger partial charge on any atom is 0.136 e. The third kappa shape index (κ3) is 6.41. The minimum absolute atomic E-state index is 0.877. The van der Waals surface area contributed by atoms with Crippen LogP contribution in [0.1, 0.15) is 0 Å². The molecule has 0 saturated carbocycles. The highest BCUT2D eigenvalue weighted by molar-refractivity contribution is 6.06. The lowest BCUT2D eigenvalue weighted by molar-refractivity contribution is 0.669. The summed E-state index contributed by atoms with van der Waals surface area (Å²) in [6.07, 6.45) is 0. The lowest BCUT2D eigenvalue weighted by atomic mass is 9.91. The number of nitrogens with zero attached hydrogens (tertiary/aromatic N) is 1. The molecule has 0 radical (unpaired) electrons. The van der Waals surface area contributed by atoms with E-state index < -0.39 is 0 Å². The first-order chi connectivity index (χ1) is 29.7. The Bertz CT molecular complexity index is 3310. The van der Waals surface area contributed by atoms with Crippen LogP contribution in [0.3, 0.4) is 0 Å². The summed E-state index contributed by atoms with van der Waals surface area (Å²) < 4.78 is 6.42. The van der Waals surface area contributed by atoms with Gasteiger partial charge in [-0.15, -0.1) is 0 Å². The van der Waals surface area contributed by atoms with E-state index in [1.54, 1.807) is 0 Å². The first kappa shape index (κ1) is 35.2. The van der Waals surface area contributed by atoms with E-state index in [-0.39, 0.29) is 0 Å². The van der Waals surface area contributed by atoms with Crippen LogP contribution in [0.5, 0.6) is 0 Å². The molecule has 282 valence electrons. The second kappa shape index (κ2) is 15.1. The molecule has 11 aromatic rings. The average molecular weight is 766 g/mol. The standard InChI is InChI=1S/C58H39NO/c1-2-14-40(15-3-1)42-26-28-43(29-27-42)44-32-35-48(36-33-44)59(55-23-11-8-19-50(55)47-34-37-54-53-22-10-13-25-57(53)60-58(54)39-47)56-24-12-9-21-52(56)51-20-7-6-18-49(51)46-31-30-41-16-4-5-17-45(41)38-46/h1-39H. The Hall–Kier alpha value is -7.94. The Morgan fingerprint density at radius 1 is 0.267 bits per heavy atom. The molecule has 0 spiro atoms. The van der Waals surface area contributed by atoms with Gasteiger partial charge < -0.3 is 9.32 Å². The number of benzene rings is 10. The van der Waals surface area contributed by atoms with Gasteiger partial charge in [0.15, 0.2) is 0 Å². The fourth-order valence-corrected chi connectivity index (χ4v) is 8.73. The molecule has 2 heteroatoms. The number of furan rings is 1. The van der Waals surface area contributed by atoms with E-state index in [4.69, 9.17) is 4.42 Å². The molecule has 60 heavy (non-hydrogen) atoms. The van der Waals surface area contributed by atoms with Gasteiger partial charge in [-0.1, -0.05) is 188 Å². The average Bonchev–Trinajstić information content (AvgIpc) is 3.70. The van der Waals surface area contributed by atoms with E-state index in [0.717, 1.165) is 61.3 Å². The number of rotatable bonds is 8. The van der Waals surface area contributed by atoms with Gasteiger partial charge in [-0.05, 0) is 104 Å². The summed E-state index contributed by atoms with van der Waals surface area (Å²) in [5, 5.41) is 4.71. The Labute approximate surface area is 349 Å². The van der Waals surface area contributed by atoms with Gasteiger partial charge in [0, 0.05) is 27.6 Å². The highest BCUT2D eigenvalue weighted by Gasteiger charge is 2.22. The monoisotopic (exact) mass is 765 g/mol. The van der Waals surface area contributed by atoms with E-state index in [9.17, 15) is 0 Å². The summed E-state index contributed by atoms with van der Waals surface area (Å²) in [5.41, 5.74) is 16.7. The maximum atomic E-state index is 6.42. The SMILES string of the molecule is c1ccc(-c2ccc(-c3ccc(N(c4ccccc4-c4ccc5c(c4)oc4ccccc45)c4ccccc4-c4ccccc4-c4ccc5ccccc5c4)cc3)cc2)cc1. The van der Waals surface area contributed by atoms with Gasteiger partial charge in [0.1, 0.15) is 11.2 Å². The number of hydrogen-bond donors (Lipinski definition) is 0. The topological polar surface area (TPSA) is 16.4 Å². The van der Waals surface area contributed by atoms with Crippen molar-refractivity contribution < 1.29 is 4.42 Å². The van der Waals surface area contributed by atoms with Crippen molar-refractivity contribution in [3.8, 4) is 55.6 Å². The zero-order valence-electron chi connectivity index (χ0n) is 32.9. The van der Waals surface area contributed by atoms with Crippen LogP contribution < -0.4 is 4.90 Å². The van der Waals surface area contributed by atoms with E-state index >= 15 is 0 Å². The molecule has 10 aromatic carbocycles. The molecular formula is C58H39NO. The Balaban J connectivity index is 1.07. The summed E-state index contributed by atoms with van der Waals surface area (Å²) in [7, 11) is 0. The zero-order valence-corrected chi connectivity index (χ0v) is 32.9. The molecule has 0 N–H and O–H groups in total. The second-order valence-corrected chi connectivity index (χ2v) is 15.3.